The van der Waals surface area contributed by atoms with Crippen molar-refractivity contribution >= 4 is 17.6 Å². The number of amides is 2. The van der Waals surface area contributed by atoms with Crippen molar-refractivity contribution in [3.63, 3.8) is 0 Å². The zero-order valence-corrected chi connectivity index (χ0v) is 14.3. The number of amidine groups is 1. The Bertz CT molecular complexity index is 615. The van der Waals surface area contributed by atoms with E-state index in [1.807, 2.05) is 6.92 Å². The van der Waals surface area contributed by atoms with Gasteiger partial charge in [0.2, 0.25) is 0 Å². The highest BCUT2D eigenvalue weighted by Gasteiger charge is 2.29. The van der Waals surface area contributed by atoms with Crippen molar-refractivity contribution in [3.05, 3.63) is 36.3 Å². The van der Waals surface area contributed by atoms with Crippen LogP contribution in [-0.4, -0.2) is 28.0 Å². The molecular weight excluding hydrogens is 306 g/mol. The summed E-state index contributed by atoms with van der Waals surface area (Å²) in [5.74, 6) is 0.831. The van der Waals surface area contributed by atoms with E-state index in [0.717, 1.165) is 5.69 Å². The number of aliphatic hydroxyl groups is 1. The predicted octanol–water partition coefficient (Wildman–Crippen LogP) is 0.490. The summed E-state index contributed by atoms with van der Waals surface area (Å²) in [5, 5.41) is 24.0. The van der Waals surface area contributed by atoms with Crippen LogP contribution in [0.2, 0.25) is 0 Å². The van der Waals surface area contributed by atoms with Crippen LogP contribution in [0.25, 0.3) is 0 Å². The van der Waals surface area contributed by atoms with Crippen LogP contribution in [0, 0.1) is 5.92 Å². The molecule has 1 saturated carbocycles. The summed E-state index contributed by atoms with van der Waals surface area (Å²) in [7, 11) is 0. The maximum absolute atomic E-state index is 11.7. The lowest BCUT2D eigenvalue weighted by Gasteiger charge is -2.16. The Morgan fingerprint density at radius 3 is 2.71 bits per heavy atom. The number of hydrogen-bond acceptors (Lipinski definition) is 4. The highest BCUT2D eigenvalue weighted by atomic mass is 16.3. The number of carbonyl (C=O) groups is 1. The van der Waals surface area contributed by atoms with Crippen molar-refractivity contribution in [3.8, 4) is 0 Å². The minimum Gasteiger partial charge on any atom is -0.384 e. The molecule has 0 aromatic carbocycles. The Morgan fingerprint density at radius 1 is 1.46 bits per heavy atom. The van der Waals surface area contributed by atoms with Gasteiger partial charge in [-0.25, -0.2) is 4.79 Å². The molecule has 1 aromatic heterocycles. The van der Waals surface area contributed by atoms with E-state index >= 15 is 0 Å². The van der Waals surface area contributed by atoms with Gasteiger partial charge in [-0.3, -0.25) is 10.4 Å². The van der Waals surface area contributed by atoms with E-state index in [2.05, 4.69) is 20.9 Å². The number of anilines is 1. The van der Waals surface area contributed by atoms with E-state index in [0.29, 0.717) is 11.6 Å². The Kier molecular flexibility index (Phi) is 5.56. The summed E-state index contributed by atoms with van der Waals surface area (Å²) in [6, 6.07) is 3.42. The molecule has 1 aliphatic carbocycles. The molecule has 7 heteroatoms. The highest BCUT2D eigenvalue weighted by Crippen LogP contribution is 2.32. The summed E-state index contributed by atoms with van der Waals surface area (Å²) in [6.45, 7) is 5.35. The van der Waals surface area contributed by atoms with Gasteiger partial charge in [-0.2, -0.15) is 5.32 Å². The number of nitrogens with one attached hydrogen (secondary N) is 3. The number of nitrogens with two attached hydrogens (primary N) is 1. The van der Waals surface area contributed by atoms with Crippen LogP contribution in [0.1, 0.15) is 39.3 Å². The number of hydrogen-bond donors (Lipinski definition) is 5. The fraction of sp³-hybridized carbons (Fsp3) is 0.471. The average molecular weight is 332 g/mol. The first kappa shape index (κ1) is 17.9. The van der Waals surface area contributed by atoms with E-state index in [-0.39, 0.29) is 17.9 Å². The molecule has 0 aliphatic heterocycles. The zero-order chi connectivity index (χ0) is 17.7. The first-order valence-electron chi connectivity index (χ1n) is 8.07. The molecule has 1 fully saturated rings. The molecule has 7 nitrogen and oxygen atoms in total. The van der Waals surface area contributed by atoms with Gasteiger partial charge in [-0.05, 0) is 51.7 Å². The van der Waals surface area contributed by atoms with Gasteiger partial charge in [0.05, 0.1) is 17.6 Å². The first-order chi connectivity index (χ1) is 11.3. The van der Waals surface area contributed by atoms with Crippen molar-refractivity contribution in [2.45, 2.75) is 45.3 Å². The zero-order valence-electron chi connectivity index (χ0n) is 14.3. The van der Waals surface area contributed by atoms with Crippen LogP contribution >= 0.6 is 0 Å². The van der Waals surface area contributed by atoms with Crippen molar-refractivity contribution in [1.29, 1.82) is 0 Å². The summed E-state index contributed by atoms with van der Waals surface area (Å²) in [4.78, 5) is 15.9. The summed E-state index contributed by atoms with van der Waals surface area (Å²) >= 11 is 0. The Labute approximate surface area is 142 Å². The van der Waals surface area contributed by atoms with Gasteiger partial charge in [-0.15, -0.1) is 0 Å². The molecule has 6 N–H and O–H groups in total. The second-order valence-electron chi connectivity index (χ2n) is 6.65. The Morgan fingerprint density at radius 2 is 2.17 bits per heavy atom. The number of aromatic nitrogens is 1. The minimum atomic E-state index is -0.971. The number of carbonyl (C=O) groups excluding carboxylic acids is 1. The second-order valence-corrected chi connectivity index (χ2v) is 6.65. The molecular formula is C17H26N5O2+. The molecule has 0 bridgehead atoms. The van der Waals surface area contributed by atoms with Crippen molar-refractivity contribution < 1.29 is 15.3 Å². The van der Waals surface area contributed by atoms with Crippen molar-refractivity contribution in [2.75, 3.05) is 5.32 Å². The minimum absolute atomic E-state index is 0.167. The Hall–Kier alpha value is -2.41. The van der Waals surface area contributed by atoms with Gasteiger partial charge < -0.3 is 15.7 Å². The van der Waals surface area contributed by atoms with Gasteiger partial charge in [0, 0.05) is 18.3 Å². The smallest absolute Gasteiger partial charge is 0.384 e. The standard InChI is InChI=1S/C17H25N5O2/c1-11(12-4-5-12)21-16(23)22-15(18)8-9-19-13-6-7-14(20-10-13)17(2,3)24/h6-12,19,24H,4-5H2,1-3H3,(H3,18,21,22,23)/p+1/b9-8-/t11-/m0/s1. The van der Waals surface area contributed by atoms with Gasteiger partial charge in [0.25, 0.3) is 5.84 Å². The van der Waals surface area contributed by atoms with E-state index in [1.165, 1.54) is 12.8 Å². The van der Waals surface area contributed by atoms with Gasteiger partial charge >= 0.3 is 6.03 Å². The molecule has 1 heterocycles. The van der Waals surface area contributed by atoms with Crippen LogP contribution < -0.4 is 21.4 Å². The number of pyridine rings is 1. The molecule has 2 rings (SSSR count). The van der Waals surface area contributed by atoms with E-state index < -0.39 is 5.60 Å². The van der Waals surface area contributed by atoms with Crippen LogP contribution in [0.5, 0.6) is 0 Å². The topological polar surface area (TPSA) is 112 Å². The molecule has 1 atom stereocenters. The van der Waals surface area contributed by atoms with E-state index in [1.54, 1.807) is 44.5 Å². The third kappa shape index (κ3) is 5.66. The largest absolute Gasteiger partial charge is 0.406 e. The van der Waals surface area contributed by atoms with Crippen LogP contribution in [0.15, 0.2) is 30.6 Å². The van der Waals surface area contributed by atoms with Crippen molar-refractivity contribution in [2.24, 2.45) is 5.92 Å². The molecule has 0 unspecified atom stereocenters. The molecule has 1 aliphatic rings. The molecule has 0 spiro atoms. The summed E-state index contributed by atoms with van der Waals surface area (Å²) in [6.07, 6.45) is 7.13. The monoisotopic (exact) mass is 332 g/mol. The van der Waals surface area contributed by atoms with Gasteiger partial charge in [0.1, 0.15) is 5.60 Å². The third-order valence-corrected chi connectivity index (χ3v) is 3.85. The number of nitrogens with zero attached hydrogens (tertiary/aromatic N) is 1. The molecule has 0 radical (unpaired) electrons. The highest BCUT2D eigenvalue weighted by molar-refractivity contribution is 6.00. The quantitative estimate of drug-likeness (QED) is 0.385. The van der Waals surface area contributed by atoms with E-state index in [4.69, 9.17) is 5.41 Å². The maximum Gasteiger partial charge on any atom is 0.406 e. The van der Waals surface area contributed by atoms with E-state index in [9.17, 15) is 9.90 Å². The lowest BCUT2D eigenvalue weighted by Crippen LogP contribution is -2.53. The lowest BCUT2D eigenvalue weighted by molar-refractivity contribution is -0.115. The van der Waals surface area contributed by atoms with Crippen LogP contribution in [-0.2, 0) is 5.60 Å². The summed E-state index contributed by atoms with van der Waals surface area (Å²) < 4.78 is 0. The van der Waals surface area contributed by atoms with Crippen LogP contribution in [0.4, 0.5) is 10.5 Å². The fourth-order valence-corrected chi connectivity index (χ4v) is 2.20. The summed E-state index contributed by atoms with van der Waals surface area (Å²) in [5.41, 5.74) is 0.367. The maximum atomic E-state index is 11.7. The average Bonchev–Trinajstić information content (AvgIpc) is 3.31. The van der Waals surface area contributed by atoms with Gasteiger partial charge in [0.15, 0.2) is 0 Å². The SMILES string of the molecule is C[C@H](NC(=O)NC(=[NH2+])/C=C\Nc1ccc(C(C)(C)O)nc1)C1CC1. The second kappa shape index (κ2) is 7.44. The number of rotatable bonds is 6. The molecule has 2 amide bonds. The van der Waals surface area contributed by atoms with Crippen LogP contribution in [0.3, 0.4) is 0 Å². The van der Waals surface area contributed by atoms with Crippen molar-refractivity contribution in [1.82, 2.24) is 15.6 Å². The molecule has 0 saturated heterocycles. The Balaban J connectivity index is 1.76. The van der Waals surface area contributed by atoms with Gasteiger partial charge in [-0.1, -0.05) is 0 Å². The lowest BCUT2D eigenvalue weighted by atomic mass is 10.1. The molecule has 130 valence electrons. The third-order valence-electron chi connectivity index (χ3n) is 3.85. The predicted molar refractivity (Wildman–Crippen MR) is 93.0 cm³/mol. The molecule has 1 aromatic rings. The molecule has 24 heavy (non-hydrogen) atoms. The first-order valence-corrected chi connectivity index (χ1v) is 8.07. The number of urea groups is 1. The fourth-order valence-electron chi connectivity index (χ4n) is 2.20. The normalized spacial score (nSPS) is 15.8.